The molecule has 1 fully saturated rings. The minimum absolute atomic E-state index is 0.762. The fourth-order valence-electron chi connectivity index (χ4n) is 3.02. The number of hydrogen-bond donors (Lipinski definition) is 1. The van der Waals surface area contributed by atoms with E-state index in [9.17, 15) is 0 Å². The predicted octanol–water partition coefficient (Wildman–Crippen LogP) is 3.45. The van der Waals surface area contributed by atoms with Crippen molar-refractivity contribution in [3.8, 4) is 0 Å². The molecule has 84 valence electrons. The summed E-state index contributed by atoms with van der Waals surface area (Å²) in [7, 11) is 2.13. The van der Waals surface area contributed by atoms with Crippen LogP contribution in [0.15, 0.2) is 0 Å². The van der Waals surface area contributed by atoms with Crippen LogP contribution in [0, 0.1) is 17.8 Å². The van der Waals surface area contributed by atoms with Gasteiger partial charge in [-0.2, -0.15) is 0 Å². The zero-order valence-electron chi connectivity index (χ0n) is 10.3. The molecule has 1 heteroatoms. The van der Waals surface area contributed by atoms with E-state index in [-0.39, 0.29) is 0 Å². The van der Waals surface area contributed by atoms with E-state index < -0.39 is 0 Å². The Morgan fingerprint density at radius 3 is 2.57 bits per heavy atom. The van der Waals surface area contributed by atoms with Gasteiger partial charge in [-0.15, -0.1) is 0 Å². The van der Waals surface area contributed by atoms with Crippen LogP contribution in [-0.4, -0.2) is 13.1 Å². The maximum absolute atomic E-state index is 3.52. The molecule has 1 rings (SSSR count). The number of rotatable bonds is 4. The highest BCUT2D eigenvalue weighted by atomic mass is 14.9. The molecule has 0 bridgehead atoms. The first kappa shape index (κ1) is 12.0. The highest BCUT2D eigenvalue weighted by Crippen LogP contribution is 2.36. The molecule has 1 aliphatic rings. The van der Waals surface area contributed by atoms with Gasteiger partial charge in [0.15, 0.2) is 0 Å². The number of nitrogens with one attached hydrogen (secondary N) is 1. The van der Waals surface area contributed by atoms with Crippen LogP contribution in [0.1, 0.15) is 52.9 Å². The monoisotopic (exact) mass is 197 g/mol. The van der Waals surface area contributed by atoms with Crippen molar-refractivity contribution in [2.45, 2.75) is 58.9 Å². The third-order valence-electron chi connectivity index (χ3n) is 4.01. The summed E-state index contributed by atoms with van der Waals surface area (Å²) >= 11 is 0. The molecule has 14 heavy (non-hydrogen) atoms. The Hall–Kier alpha value is -0.0400. The zero-order chi connectivity index (χ0) is 10.6. The van der Waals surface area contributed by atoms with Crippen LogP contribution in [0.3, 0.4) is 0 Å². The van der Waals surface area contributed by atoms with Crippen molar-refractivity contribution in [3.05, 3.63) is 0 Å². The third kappa shape index (κ3) is 2.98. The van der Waals surface area contributed by atoms with Crippen molar-refractivity contribution in [1.29, 1.82) is 0 Å². The normalized spacial score (nSPS) is 35.6. The molecule has 0 spiro atoms. The van der Waals surface area contributed by atoms with Crippen molar-refractivity contribution in [3.63, 3.8) is 0 Å². The van der Waals surface area contributed by atoms with Crippen LogP contribution in [0.5, 0.6) is 0 Å². The van der Waals surface area contributed by atoms with Crippen molar-refractivity contribution in [2.75, 3.05) is 7.05 Å². The van der Waals surface area contributed by atoms with Gasteiger partial charge in [0.05, 0.1) is 0 Å². The van der Waals surface area contributed by atoms with E-state index in [1.54, 1.807) is 0 Å². The summed E-state index contributed by atoms with van der Waals surface area (Å²) < 4.78 is 0. The number of hydrogen-bond acceptors (Lipinski definition) is 1. The van der Waals surface area contributed by atoms with Crippen molar-refractivity contribution < 1.29 is 0 Å². The molecular formula is C13H27N. The molecule has 4 unspecified atom stereocenters. The summed E-state index contributed by atoms with van der Waals surface area (Å²) in [4.78, 5) is 0. The molecule has 4 atom stereocenters. The maximum Gasteiger partial charge on any atom is 0.00948 e. The van der Waals surface area contributed by atoms with Crippen molar-refractivity contribution in [2.24, 2.45) is 17.8 Å². The Labute approximate surface area is 89.7 Å². The van der Waals surface area contributed by atoms with Crippen LogP contribution in [0.4, 0.5) is 0 Å². The molecule has 0 radical (unpaired) electrons. The SMILES string of the molecule is CCCC(NC)C1CC(C)CCC1C. The van der Waals surface area contributed by atoms with Gasteiger partial charge in [-0.05, 0) is 37.6 Å². The average molecular weight is 197 g/mol. The molecule has 1 nitrogen and oxygen atoms in total. The van der Waals surface area contributed by atoms with E-state index in [2.05, 4.69) is 33.1 Å². The topological polar surface area (TPSA) is 12.0 Å². The molecule has 1 aliphatic carbocycles. The molecule has 0 amide bonds. The minimum atomic E-state index is 0.762. The molecule has 1 N–H and O–H groups in total. The summed E-state index contributed by atoms with van der Waals surface area (Å²) in [5, 5.41) is 3.52. The Bertz CT molecular complexity index is 155. The fraction of sp³-hybridized carbons (Fsp3) is 1.00. The smallest absolute Gasteiger partial charge is 0.00948 e. The third-order valence-corrected chi connectivity index (χ3v) is 4.01. The molecule has 0 aromatic carbocycles. The largest absolute Gasteiger partial charge is 0.317 e. The van der Waals surface area contributed by atoms with Gasteiger partial charge >= 0.3 is 0 Å². The standard InChI is InChI=1S/C13H27N/c1-5-6-13(14-4)12-9-10(2)7-8-11(12)3/h10-14H,5-9H2,1-4H3. The van der Waals surface area contributed by atoms with E-state index in [1.165, 1.54) is 32.1 Å². The highest BCUT2D eigenvalue weighted by Gasteiger charge is 2.30. The van der Waals surface area contributed by atoms with Gasteiger partial charge in [0.25, 0.3) is 0 Å². The molecule has 0 aromatic rings. The lowest BCUT2D eigenvalue weighted by atomic mass is 9.71. The molecule has 0 aromatic heterocycles. The van der Waals surface area contributed by atoms with Crippen LogP contribution in [0.25, 0.3) is 0 Å². The van der Waals surface area contributed by atoms with Gasteiger partial charge in [-0.25, -0.2) is 0 Å². The first-order chi connectivity index (χ1) is 6.69. The Kier molecular flexibility index (Phi) is 4.94. The second kappa shape index (κ2) is 5.75. The lowest BCUT2D eigenvalue weighted by molar-refractivity contribution is 0.154. The van der Waals surface area contributed by atoms with Gasteiger partial charge in [-0.3, -0.25) is 0 Å². The lowest BCUT2D eigenvalue weighted by Gasteiger charge is -2.38. The van der Waals surface area contributed by atoms with Gasteiger partial charge in [0.2, 0.25) is 0 Å². The Morgan fingerprint density at radius 1 is 1.29 bits per heavy atom. The van der Waals surface area contributed by atoms with E-state index in [4.69, 9.17) is 0 Å². The summed E-state index contributed by atoms with van der Waals surface area (Å²) in [6.07, 6.45) is 6.97. The van der Waals surface area contributed by atoms with Gasteiger partial charge < -0.3 is 5.32 Å². The molecule has 1 saturated carbocycles. The van der Waals surface area contributed by atoms with Crippen molar-refractivity contribution >= 4 is 0 Å². The van der Waals surface area contributed by atoms with E-state index in [1.807, 2.05) is 0 Å². The zero-order valence-corrected chi connectivity index (χ0v) is 10.3. The summed E-state index contributed by atoms with van der Waals surface area (Å²) in [5.41, 5.74) is 0. The molecular weight excluding hydrogens is 170 g/mol. The lowest BCUT2D eigenvalue weighted by Crippen LogP contribution is -2.39. The summed E-state index contributed by atoms with van der Waals surface area (Å²) in [5.74, 6) is 2.79. The van der Waals surface area contributed by atoms with Crippen LogP contribution >= 0.6 is 0 Å². The van der Waals surface area contributed by atoms with Crippen molar-refractivity contribution in [1.82, 2.24) is 5.32 Å². The van der Waals surface area contributed by atoms with Crippen LogP contribution in [0.2, 0.25) is 0 Å². The predicted molar refractivity (Wildman–Crippen MR) is 63.4 cm³/mol. The van der Waals surface area contributed by atoms with Crippen LogP contribution in [-0.2, 0) is 0 Å². The quantitative estimate of drug-likeness (QED) is 0.728. The second-order valence-corrected chi connectivity index (χ2v) is 5.24. The van der Waals surface area contributed by atoms with Gasteiger partial charge in [-0.1, -0.05) is 40.0 Å². The first-order valence-electron chi connectivity index (χ1n) is 6.36. The summed E-state index contributed by atoms with van der Waals surface area (Å²) in [6.45, 7) is 7.15. The fourth-order valence-corrected chi connectivity index (χ4v) is 3.02. The van der Waals surface area contributed by atoms with E-state index in [0.29, 0.717) is 0 Å². The highest BCUT2D eigenvalue weighted by molar-refractivity contribution is 4.84. The molecule has 0 heterocycles. The minimum Gasteiger partial charge on any atom is -0.317 e. The molecule has 0 aliphatic heterocycles. The second-order valence-electron chi connectivity index (χ2n) is 5.24. The van der Waals surface area contributed by atoms with Crippen LogP contribution < -0.4 is 5.32 Å². The Morgan fingerprint density at radius 2 is 2.00 bits per heavy atom. The molecule has 0 saturated heterocycles. The first-order valence-corrected chi connectivity index (χ1v) is 6.36. The average Bonchev–Trinajstić information content (AvgIpc) is 2.18. The summed E-state index contributed by atoms with van der Waals surface area (Å²) in [6, 6.07) is 0.762. The van der Waals surface area contributed by atoms with Gasteiger partial charge in [0.1, 0.15) is 0 Å². The maximum atomic E-state index is 3.52. The van der Waals surface area contributed by atoms with E-state index >= 15 is 0 Å². The van der Waals surface area contributed by atoms with Gasteiger partial charge in [0, 0.05) is 6.04 Å². The van der Waals surface area contributed by atoms with E-state index in [0.717, 1.165) is 23.8 Å². The Balaban J connectivity index is 2.52.